The summed E-state index contributed by atoms with van der Waals surface area (Å²) in [5.41, 5.74) is 2.78. The van der Waals surface area contributed by atoms with Crippen LogP contribution in [-0.2, 0) is 16.1 Å². The number of hydrogen-bond acceptors (Lipinski definition) is 6. The van der Waals surface area contributed by atoms with E-state index in [0.717, 1.165) is 37.0 Å². The molecule has 0 radical (unpaired) electrons. The number of anilines is 1. The van der Waals surface area contributed by atoms with Crippen molar-refractivity contribution in [1.82, 2.24) is 25.5 Å². The zero-order valence-electron chi connectivity index (χ0n) is 23.6. The number of nitrogens with zero attached hydrogens (tertiary/aromatic N) is 5. The van der Waals surface area contributed by atoms with Gasteiger partial charge in [0.05, 0.1) is 7.11 Å². The van der Waals surface area contributed by atoms with Crippen molar-refractivity contribution in [2.24, 2.45) is 0 Å². The van der Waals surface area contributed by atoms with Gasteiger partial charge in [0.2, 0.25) is 11.7 Å². The lowest BCUT2D eigenvalue weighted by atomic mass is 9.84. The molecule has 212 valence electrons. The second-order valence-electron chi connectivity index (χ2n) is 11.1. The minimum Gasteiger partial charge on any atom is -0.497 e. The van der Waals surface area contributed by atoms with Gasteiger partial charge in [-0.25, -0.2) is 0 Å². The molecule has 2 saturated carbocycles. The Hall–Kier alpha value is -3.75. The molecule has 9 nitrogen and oxygen atoms in total. The molecule has 0 bridgehead atoms. The monoisotopic (exact) mass is 544 g/mol. The molecule has 2 aromatic carbocycles. The molecular formula is C31H40N6O3. The van der Waals surface area contributed by atoms with E-state index in [-0.39, 0.29) is 24.4 Å². The van der Waals surface area contributed by atoms with Crippen molar-refractivity contribution in [3.05, 3.63) is 54.1 Å². The smallest absolute Gasteiger partial charge is 0.251 e. The van der Waals surface area contributed by atoms with Crippen LogP contribution in [0, 0.1) is 0 Å². The van der Waals surface area contributed by atoms with Crippen molar-refractivity contribution in [2.45, 2.75) is 95.7 Å². The summed E-state index contributed by atoms with van der Waals surface area (Å²) in [6.07, 6.45) is 11.7. The molecule has 5 rings (SSSR count). The first-order valence-corrected chi connectivity index (χ1v) is 14.7. The standard InChI is InChI=1S/C31H40N6O3/c1-22(31(39)32-26-11-7-4-8-12-26)37(27-17-13-24(14-18-27)23-9-5-3-6-10-23)29(38)21-36-34-30(33-35-36)25-15-19-28(40-2)20-16-25/h13-20,22-23,26H,3-12,21H2,1-2H3,(H,32,39). The quantitative estimate of drug-likeness (QED) is 0.394. The Morgan fingerprint density at radius 1 is 0.950 bits per heavy atom. The van der Waals surface area contributed by atoms with Crippen LogP contribution in [-0.4, -0.2) is 51.2 Å². The largest absolute Gasteiger partial charge is 0.497 e. The van der Waals surface area contributed by atoms with Gasteiger partial charge in [0.1, 0.15) is 18.3 Å². The van der Waals surface area contributed by atoms with Crippen molar-refractivity contribution < 1.29 is 14.3 Å². The van der Waals surface area contributed by atoms with Crippen LogP contribution in [0.2, 0.25) is 0 Å². The lowest BCUT2D eigenvalue weighted by Gasteiger charge is -2.31. The number of ether oxygens (including phenoxy) is 1. The molecule has 0 saturated heterocycles. The molecule has 40 heavy (non-hydrogen) atoms. The highest BCUT2D eigenvalue weighted by Gasteiger charge is 2.30. The van der Waals surface area contributed by atoms with Crippen LogP contribution in [0.5, 0.6) is 5.75 Å². The number of methoxy groups -OCH3 is 1. The van der Waals surface area contributed by atoms with E-state index in [2.05, 4.69) is 32.9 Å². The van der Waals surface area contributed by atoms with E-state index in [9.17, 15) is 9.59 Å². The normalized spacial score (nSPS) is 17.2. The predicted octanol–water partition coefficient (Wildman–Crippen LogP) is 5.27. The molecule has 0 aliphatic heterocycles. The van der Waals surface area contributed by atoms with E-state index in [1.165, 1.54) is 48.9 Å². The summed E-state index contributed by atoms with van der Waals surface area (Å²) in [5, 5.41) is 15.9. The van der Waals surface area contributed by atoms with Crippen molar-refractivity contribution in [2.75, 3.05) is 12.0 Å². The SMILES string of the molecule is COc1ccc(-c2nnn(CC(=O)N(c3ccc(C4CCCCC4)cc3)C(C)C(=O)NC3CCCCC3)n2)cc1. The number of carbonyl (C=O) groups excluding carboxylic acids is 2. The summed E-state index contributed by atoms with van der Waals surface area (Å²) in [7, 11) is 1.61. The summed E-state index contributed by atoms with van der Waals surface area (Å²) in [4.78, 5) is 30.0. The maximum Gasteiger partial charge on any atom is 0.251 e. The molecule has 2 amide bonds. The molecule has 2 aliphatic carbocycles. The van der Waals surface area contributed by atoms with Crippen LogP contribution < -0.4 is 15.0 Å². The highest BCUT2D eigenvalue weighted by atomic mass is 16.5. The molecule has 1 aromatic heterocycles. The van der Waals surface area contributed by atoms with Crippen LogP contribution in [0.4, 0.5) is 5.69 Å². The average Bonchev–Trinajstić information content (AvgIpc) is 3.47. The van der Waals surface area contributed by atoms with Crippen LogP contribution in [0.1, 0.15) is 82.6 Å². The minimum atomic E-state index is -0.681. The fraction of sp³-hybridized carbons (Fsp3) is 0.516. The van der Waals surface area contributed by atoms with Crippen molar-refractivity contribution in [3.63, 3.8) is 0 Å². The number of carbonyl (C=O) groups is 2. The molecule has 2 aliphatic rings. The zero-order valence-corrected chi connectivity index (χ0v) is 23.6. The van der Waals surface area contributed by atoms with Gasteiger partial charge >= 0.3 is 0 Å². The van der Waals surface area contributed by atoms with Crippen LogP contribution in [0.25, 0.3) is 11.4 Å². The summed E-state index contributed by atoms with van der Waals surface area (Å²) < 4.78 is 5.22. The molecule has 3 aromatic rings. The fourth-order valence-electron chi connectivity index (χ4n) is 5.98. The molecule has 9 heteroatoms. The first-order chi connectivity index (χ1) is 19.5. The number of amides is 2. The van der Waals surface area contributed by atoms with Gasteiger partial charge in [-0.05, 0) is 85.7 Å². The Kier molecular flexibility index (Phi) is 9.08. The molecule has 1 heterocycles. The maximum absolute atomic E-state index is 13.8. The highest BCUT2D eigenvalue weighted by Crippen LogP contribution is 2.33. The molecule has 1 N–H and O–H groups in total. The van der Waals surface area contributed by atoms with Gasteiger partial charge in [0.15, 0.2) is 0 Å². The number of hydrogen-bond donors (Lipinski definition) is 1. The molecule has 1 atom stereocenters. The lowest BCUT2D eigenvalue weighted by Crippen LogP contribution is -2.51. The van der Waals surface area contributed by atoms with E-state index in [1.54, 1.807) is 18.9 Å². The van der Waals surface area contributed by atoms with Gasteiger partial charge in [-0.15, -0.1) is 10.2 Å². The van der Waals surface area contributed by atoms with Gasteiger partial charge in [-0.1, -0.05) is 50.7 Å². The number of aromatic nitrogens is 4. The summed E-state index contributed by atoms with van der Waals surface area (Å²) >= 11 is 0. The van der Waals surface area contributed by atoms with Crippen LogP contribution >= 0.6 is 0 Å². The van der Waals surface area contributed by atoms with Crippen LogP contribution in [0.15, 0.2) is 48.5 Å². The van der Waals surface area contributed by atoms with E-state index in [4.69, 9.17) is 4.74 Å². The molecule has 1 unspecified atom stereocenters. The second-order valence-corrected chi connectivity index (χ2v) is 11.1. The summed E-state index contributed by atoms with van der Waals surface area (Å²) in [6, 6.07) is 15.0. The third kappa shape index (κ3) is 6.69. The Balaban J connectivity index is 1.34. The fourth-order valence-corrected chi connectivity index (χ4v) is 5.98. The van der Waals surface area contributed by atoms with Gasteiger partial charge in [-0.2, -0.15) is 4.80 Å². The van der Waals surface area contributed by atoms with Gasteiger partial charge in [0, 0.05) is 17.3 Å². The lowest BCUT2D eigenvalue weighted by molar-refractivity contribution is -0.127. The Bertz CT molecular complexity index is 1260. The van der Waals surface area contributed by atoms with E-state index in [1.807, 2.05) is 36.4 Å². The number of benzene rings is 2. The summed E-state index contributed by atoms with van der Waals surface area (Å²) in [6.45, 7) is 1.66. The Morgan fingerprint density at radius 2 is 1.60 bits per heavy atom. The second kappa shape index (κ2) is 13.1. The molecular weight excluding hydrogens is 504 g/mol. The average molecular weight is 545 g/mol. The van der Waals surface area contributed by atoms with Gasteiger partial charge in [0.25, 0.3) is 5.91 Å². The first-order valence-electron chi connectivity index (χ1n) is 14.7. The predicted molar refractivity (Wildman–Crippen MR) is 154 cm³/mol. The van der Waals surface area contributed by atoms with Crippen molar-refractivity contribution in [3.8, 4) is 17.1 Å². The molecule has 2 fully saturated rings. The first kappa shape index (κ1) is 27.8. The highest BCUT2D eigenvalue weighted by molar-refractivity contribution is 6.00. The third-order valence-corrected chi connectivity index (χ3v) is 8.31. The van der Waals surface area contributed by atoms with Crippen molar-refractivity contribution in [1.29, 1.82) is 0 Å². The minimum absolute atomic E-state index is 0.130. The zero-order chi connectivity index (χ0) is 27.9. The van der Waals surface area contributed by atoms with E-state index in [0.29, 0.717) is 17.4 Å². The number of tetrazole rings is 1. The van der Waals surface area contributed by atoms with Gasteiger partial charge < -0.3 is 10.1 Å². The molecule has 0 spiro atoms. The van der Waals surface area contributed by atoms with E-state index >= 15 is 0 Å². The number of nitrogens with one attached hydrogen (secondary N) is 1. The summed E-state index contributed by atoms with van der Waals surface area (Å²) in [5.74, 6) is 1.31. The van der Waals surface area contributed by atoms with Crippen molar-refractivity contribution >= 4 is 17.5 Å². The van der Waals surface area contributed by atoms with Gasteiger partial charge in [-0.3, -0.25) is 14.5 Å². The maximum atomic E-state index is 13.8. The Morgan fingerprint density at radius 3 is 2.25 bits per heavy atom. The van der Waals surface area contributed by atoms with Crippen LogP contribution in [0.3, 0.4) is 0 Å². The topological polar surface area (TPSA) is 102 Å². The number of rotatable bonds is 9. The Labute approximate surface area is 236 Å². The third-order valence-electron chi connectivity index (χ3n) is 8.31. The van der Waals surface area contributed by atoms with E-state index < -0.39 is 6.04 Å².